The summed E-state index contributed by atoms with van der Waals surface area (Å²) in [5, 5.41) is 8.94. The predicted octanol–water partition coefficient (Wildman–Crippen LogP) is 1.80. The standard InChI is InChI=1S/C15H22N2O2S.ClH/c18-10-9-16-5-7-17(8-6-16)15(19)14-11-12-3-1-2-4-13(12)20-14;/h11,18H,1-10H2;1H. The summed E-state index contributed by atoms with van der Waals surface area (Å²) in [5.74, 6) is 0.202. The molecule has 0 aromatic carbocycles. The van der Waals surface area contributed by atoms with Gasteiger partial charge < -0.3 is 10.0 Å². The van der Waals surface area contributed by atoms with E-state index in [-0.39, 0.29) is 24.9 Å². The first-order valence-corrected chi connectivity index (χ1v) is 8.33. The van der Waals surface area contributed by atoms with Gasteiger partial charge in [-0.05, 0) is 37.3 Å². The maximum absolute atomic E-state index is 12.6. The number of halogens is 1. The van der Waals surface area contributed by atoms with Crippen molar-refractivity contribution in [1.82, 2.24) is 9.80 Å². The van der Waals surface area contributed by atoms with Gasteiger partial charge in [-0.2, -0.15) is 0 Å². The van der Waals surface area contributed by atoms with Crippen molar-refractivity contribution in [1.29, 1.82) is 0 Å². The maximum Gasteiger partial charge on any atom is 0.264 e. The predicted molar refractivity (Wildman–Crippen MR) is 87.6 cm³/mol. The van der Waals surface area contributed by atoms with Gasteiger partial charge in [-0.3, -0.25) is 9.69 Å². The fraction of sp³-hybridized carbons (Fsp3) is 0.667. The van der Waals surface area contributed by atoms with Gasteiger partial charge in [0, 0.05) is 37.6 Å². The number of hydrogen-bond acceptors (Lipinski definition) is 4. The average Bonchev–Trinajstić information content (AvgIpc) is 2.91. The third-order valence-corrected chi connectivity index (χ3v) is 5.51. The molecule has 4 nitrogen and oxygen atoms in total. The first-order chi connectivity index (χ1) is 9.78. The number of amides is 1. The van der Waals surface area contributed by atoms with E-state index >= 15 is 0 Å². The molecule has 1 saturated heterocycles. The lowest BCUT2D eigenvalue weighted by Gasteiger charge is -2.34. The Labute approximate surface area is 136 Å². The molecule has 1 N–H and O–H groups in total. The zero-order valence-electron chi connectivity index (χ0n) is 12.2. The Kier molecular flexibility index (Phi) is 6.05. The summed E-state index contributed by atoms with van der Waals surface area (Å²) in [7, 11) is 0. The number of hydrogen-bond donors (Lipinski definition) is 1. The number of aliphatic hydroxyl groups excluding tert-OH is 1. The summed E-state index contributed by atoms with van der Waals surface area (Å²) in [6, 6.07) is 2.13. The summed E-state index contributed by atoms with van der Waals surface area (Å²) in [6.07, 6.45) is 4.82. The number of carbonyl (C=O) groups is 1. The lowest BCUT2D eigenvalue weighted by molar-refractivity contribution is 0.0619. The van der Waals surface area contributed by atoms with Crippen LogP contribution in [-0.4, -0.2) is 60.1 Å². The number of β-amino-alcohol motifs (C(OH)–C–C–N with tert-alkyl or cyclic N) is 1. The van der Waals surface area contributed by atoms with Crippen LogP contribution in [0.1, 0.15) is 33.0 Å². The molecule has 0 bridgehead atoms. The van der Waals surface area contributed by atoms with Crippen molar-refractivity contribution in [3.63, 3.8) is 0 Å². The molecule has 0 atom stereocenters. The Morgan fingerprint density at radius 1 is 1.19 bits per heavy atom. The molecule has 1 aliphatic carbocycles. The van der Waals surface area contributed by atoms with Crippen LogP contribution in [0.3, 0.4) is 0 Å². The first kappa shape index (κ1) is 16.7. The second-order valence-corrected chi connectivity index (χ2v) is 6.76. The number of thiophene rings is 1. The lowest BCUT2D eigenvalue weighted by Crippen LogP contribution is -2.49. The molecule has 0 saturated carbocycles. The SMILES string of the molecule is Cl.O=C(c1cc2c(s1)CCCC2)N1CCN(CCO)CC1. The van der Waals surface area contributed by atoms with E-state index in [1.165, 1.54) is 23.3 Å². The van der Waals surface area contributed by atoms with E-state index < -0.39 is 0 Å². The number of nitrogens with zero attached hydrogens (tertiary/aromatic N) is 2. The van der Waals surface area contributed by atoms with E-state index in [1.807, 2.05) is 4.90 Å². The summed E-state index contributed by atoms with van der Waals surface area (Å²) in [6.45, 7) is 4.22. The molecular weight excluding hydrogens is 308 g/mol. The van der Waals surface area contributed by atoms with E-state index in [2.05, 4.69) is 11.0 Å². The fourth-order valence-electron chi connectivity index (χ4n) is 3.07. The topological polar surface area (TPSA) is 43.8 Å². The quantitative estimate of drug-likeness (QED) is 0.919. The van der Waals surface area contributed by atoms with E-state index in [1.54, 1.807) is 11.3 Å². The van der Waals surface area contributed by atoms with Gasteiger partial charge in [0.05, 0.1) is 11.5 Å². The van der Waals surface area contributed by atoms with Crippen LogP contribution in [0, 0.1) is 0 Å². The van der Waals surface area contributed by atoms with Gasteiger partial charge in [-0.25, -0.2) is 0 Å². The van der Waals surface area contributed by atoms with Crippen LogP contribution in [0.5, 0.6) is 0 Å². The van der Waals surface area contributed by atoms with Crippen LogP contribution in [-0.2, 0) is 12.8 Å². The van der Waals surface area contributed by atoms with Crippen molar-refractivity contribution in [2.24, 2.45) is 0 Å². The molecular formula is C15H23ClN2O2S. The largest absolute Gasteiger partial charge is 0.395 e. The molecule has 21 heavy (non-hydrogen) atoms. The normalized spacial score (nSPS) is 19.0. The summed E-state index contributed by atoms with van der Waals surface area (Å²) < 4.78 is 0. The Bertz CT molecular complexity index is 461. The van der Waals surface area contributed by atoms with Crippen LogP contribution < -0.4 is 0 Å². The molecule has 6 heteroatoms. The fourth-order valence-corrected chi connectivity index (χ4v) is 4.29. The number of rotatable bonds is 3. The highest BCUT2D eigenvalue weighted by molar-refractivity contribution is 7.14. The second kappa shape index (κ2) is 7.58. The van der Waals surface area contributed by atoms with Crippen molar-refractivity contribution in [2.75, 3.05) is 39.3 Å². The third kappa shape index (κ3) is 3.77. The Balaban J connectivity index is 0.00000161. The smallest absolute Gasteiger partial charge is 0.264 e. The summed E-state index contributed by atoms with van der Waals surface area (Å²) in [4.78, 5) is 19.1. The van der Waals surface area contributed by atoms with Crippen LogP contribution >= 0.6 is 23.7 Å². The highest BCUT2D eigenvalue weighted by Crippen LogP contribution is 2.30. The van der Waals surface area contributed by atoms with Crippen molar-refractivity contribution < 1.29 is 9.90 Å². The van der Waals surface area contributed by atoms with E-state index in [0.29, 0.717) is 0 Å². The summed E-state index contributed by atoms with van der Waals surface area (Å²) >= 11 is 1.70. The molecule has 1 aliphatic heterocycles. The van der Waals surface area contributed by atoms with Gasteiger partial charge in [0.2, 0.25) is 0 Å². The highest BCUT2D eigenvalue weighted by Gasteiger charge is 2.24. The third-order valence-electron chi connectivity index (χ3n) is 4.28. The van der Waals surface area contributed by atoms with E-state index in [9.17, 15) is 4.79 Å². The summed E-state index contributed by atoms with van der Waals surface area (Å²) in [5.41, 5.74) is 1.41. The van der Waals surface area contributed by atoms with Gasteiger partial charge in [0.1, 0.15) is 0 Å². The molecule has 1 fully saturated rings. The Morgan fingerprint density at radius 2 is 1.90 bits per heavy atom. The van der Waals surface area contributed by atoms with Crippen LogP contribution in [0.25, 0.3) is 0 Å². The lowest BCUT2D eigenvalue weighted by atomic mass is 9.99. The highest BCUT2D eigenvalue weighted by atomic mass is 35.5. The molecule has 1 aromatic heterocycles. The maximum atomic E-state index is 12.6. The van der Waals surface area contributed by atoms with Crippen molar-refractivity contribution in [3.05, 3.63) is 21.4 Å². The van der Waals surface area contributed by atoms with Crippen molar-refractivity contribution >= 4 is 29.7 Å². The minimum absolute atomic E-state index is 0. The van der Waals surface area contributed by atoms with E-state index in [4.69, 9.17) is 5.11 Å². The number of aryl methyl sites for hydroxylation is 2. The van der Waals surface area contributed by atoms with Gasteiger partial charge in [0.15, 0.2) is 0 Å². The van der Waals surface area contributed by atoms with Crippen LogP contribution in [0.4, 0.5) is 0 Å². The van der Waals surface area contributed by atoms with Gasteiger partial charge >= 0.3 is 0 Å². The van der Waals surface area contributed by atoms with Gasteiger partial charge in [-0.15, -0.1) is 23.7 Å². The van der Waals surface area contributed by atoms with Crippen molar-refractivity contribution in [3.8, 4) is 0 Å². The molecule has 118 valence electrons. The zero-order valence-corrected chi connectivity index (χ0v) is 13.8. The number of piperazine rings is 1. The molecule has 0 unspecified atom stereocenters. The van der Waals surface area contributed by atoms with Gasteiger partial charge in [-0.1, -0.05) is 0 Å². The number of fused-ring (bicyclic) bond motifs is 1. The minimum Gasteiger partial charge on any atom is -0.395 e. The van der Waals surface area contributed by atoms with Crippen LogP contribution in [0.2, 0.25) is 0 Å². The molecule has 2 aliphatic rings. The second-order valence-electron chi connectivity index (χ2n) is 5.62. The van der Waals surface area contributed by atoms with Crippen LogP contribution in [0.15, 0.2) is 6.07 Å². The molecule has 2 heterocycles. The average molecular weight is 331 g/mol. The monoisotopic (exact) mass is 330 g/mol. The van der Waals surface area contributed by atoms with E-state index in [0.717, 1.165) is 50.4 Å². The Morgan fingerprint density at radius 3 is 2.57 bits per heavy atom. The first-order valence-electron chi connectivity index (χ1n) is 7.52. The Hall–Kier alpha value is -0.620. The van der Waals surface area contributed by atoms with Gasteiger partial charge in [0.25, 0.3) is 5.91 Å². The zero-order chi connectivity index (χ0) is 13.9. The number of aliphatic hydroxyl groups is 1. The minimum atomic E-state index is 0. The van der Waals surface area contributed by atoms with Crippen molar-refractivity contribution in [2.45, 2.75) is 25.7 Å². The molecule has 1 aromatic rings. The molecule has 0 spiro atoms. The molecule has 0 radical (unpaired) electrons. The molecule has 3 rings (SSSR count). The number of carbonyl (C=O) groups excluding carboxylic acids is 1. The molecule has 1 amide bonds.